The Morgan fingerprint density at radius 3 is 1.28 bits per heavy atom. The Balaban J connectivity index is 1.14. The molecule has 69 heavy (non-hydrogen) atoms. The maximum atomic E-state index is 5.48. The SMILES string of the molecule is c1ccc(-c2ccc(-c3nc(-c4ccccc4)nc(-n4c5ccccc5c5cc6c(c(-n7c8ccccc8c8ccccc87)c54)c4ccccc4n6-c4cccc(-c5ccccc5)c4)n3)cc2)cc1. The third-order valence-corrected chi connectivity index (χ3v) is 13.7. The average Bonchev–Trinajstić information content (AvgIpc) is 4.07. The van der Waals surface area contributed by atoms with Crippen LogP contribution in [0, 0.1) is 0 Å². The molecule has 0 saturated heterocycles. The van der Waals surface area contributed by atoms with E-state index >= 15 is 0 Å². The number of aromatic nitrogens is 6. The second kappa shape index (κ2) is 15.6. The van der Waals surface area contributed by atoms with Crippen molar-refractivity contribution in [2.75, 3.05) is 0 Å². The molecular weight excluding hydrogens is 841 g/mol. The molecule has 0 radical (unpaired) electrons. The Labute approximate surface area is 397 Å². The van der Waals surface area contributed by atoms with Gasteiger partial charge >= 0.3 is 0 Å². The zero-order valence-electron chi connectivity index (χ0n) is 37.3. The molecule has 0 aliphatic rings. The minimum Gasteiger partial charge on any atom is -0.309 e. The summed E-state index contributed by atoms with van der Waals surface area (Å²) in [4.78, 5) is 16.1. The van der Waals surface area contributed by atoms with E-state index in [2.05, 4.69) is 232 Å². The molecule has 6 nitrogen and oxygen atoms in total. The molecule has 0 amide bonds. The fourth-order valence-electron chi connectivity index (χ4n) is 10.6. The van der Waals surface area contributed by atoms with Crippen LogP contribution in [-0.2, 0) is 0 Å². The van der Waals surface area contributed by atoms with Crippen LogP contribution in [0.15, 0.2) is 243 Å². The van der Waals surface area contributed by atoms with Crippen LogP contribution in [0.4, 0.5) is 0 Å². The van der Waals surface area contributed by atoms with Gasteiger partial charge in [-0.2, -0.15) is 9.97 Å². The van der Waals surface area contributed by atoms with Crippen LogP contribution in [0.3, 0.4) is 0 Å². The van der Waals surface area contributed by atoms with Crippen molar-refractivity contribution >= 4 is 65.4 Å². The Morgan fingerprint density at radius 1 is 0.261 bits per heavy atom. The molecular formula is C63H40N6. The summed E-state index contributed by atoms with van der Waals surface area (Å²) in [7, 11) is 0. The van der Waals surface area contributed by atoms with Crippen molar-refractivity contribution < 1.29 is 0 Å². The first-order valence-corrected chi connectivity index (χ1v) is 23.4. The van der Waals surface area contributed by atoms with Crippen LogP contribution >= 0.6 is 0 Å². The van der Waals surface area contributed by atoms with E-state index in [1.54, 1.807) is 0 Å². The highest BCUT2D eigenvalue weighted by Gasteiger charge is 2.28. The number of hydrogen-bond donors (Lipinski definition) is 0. The van der Waals surface area contributed by atoms with Crippen LogP contribution in [-0.4, -0.2) is 28.7 Å². The molecule has 10 aromatic carbocycles. The first-order valence-electron chi connectivity index (χ1n) is 23.4. The van der Waals surface area contributed by atoms with E-state index < -0.39 is 0 Å². The maximum absolute atomic E-state index is 5.48. The van der Waals surface area contributed by atoms with Crippen LogP contribution in [0.25, 0.3) is 128 Å². The lowest BCUT2D eigenvalue weighted by atomic mass is 10.0. The second-order valence-corrected chi connectivity index (χ2v) is 17.6. The van der Waals surface area contributed by atoms with E-state index in [0.717, 1.165) is 93.8 Å². The Hall–Kier alpha value is -9.39. The van der Waals surface area contributed by atoms with Gasteiger partial charge in [-0.3, -0.25) is 4.57 Å². The lowest BCUT2D eigenvalue weighted by Gasteiger charge is -2.17. The standard InChI is InChI=1S/C63H40N6/c1-4-19-41(20-5-1)43-35-37-45(38-36-43)62-64-61(44-23-8-3-9-24-44)65-63(66-62)69-55-33-16-12-29-50(55)52-40-57-58(60(59(52)69)68-53-31-14-10-27-48(53)49-28-11-15-32-54(49)68)51-30-13-17-34-56(51)67(57)47-26-18-25-46(39-47)42-21-6-2-7-22-42/h1-40H. The smallest absolute Gasteiger partial charge is 0.238 e. The zero-order valence-corrected chi connectivity index (χ0v) is 37.3. The quantitative estimate of drug-likeness (QED) is 0.160. The van der Waals surface area contributed by atoms with Gasteiger partial charge in [0.25, 0.3) is 0 Å². The number of benzene rings is 10. The van der Waals surface area contributed by atoms with E-state index in [9.17, 15) is 0 Å². The number of para-hydroxylation sites is 4. The van der Waals surface area contributed by atoms with Crippen LogP contribution in [0.1, 0.15) is 0 Å². The van der Waals surface area contributed by atoms with E-state index in [4.69, 9.17) is 15.0 Å². The Morgan fingerprint density at radius 2 is 0.681 bits per heavy atom. The van der Waals surface area contributed by atoms with Crippen molar-refractivity contribution in [2.24, 2.45) is 0 Å². The largest absolute Gasteiger partial charge is 0.309 e. The van der Waals surface area contributed by atoms with E-state index in [-0.39, 0.29) is 0 Å². The average molecular weight is 881 g/mol. The predicted molar refractivity (Wildman–Crippen MR) is 285 cm³/mol. The number of rotatable bonds is 7. The molecule has 0 spiro atoms. The van der Waals surface area contributed by atoms with Gasteiger partial charge in [0.1, 0.15) is 0 Å². The van der Waals surface area contributed by atoms with Crippen LogP contribution in [0.5, 0.6) is 0 Å². The van der Waals surface area contributed by atoms with Gasteiger partial charge in [-0.15, -0.1) is 0 Å². The molecule has 6 heteroatoms. The number of nitrogens with zero attached hydrogens (tertiary/aromatic N) is 6. The highest BCUT2D eigenvalue weighted by atomic mass is 15.2. The zero-order chi connectivity index (χ0) is 45.4. The summed E-state index contributed by atoms with van der Waals surface area (Å²) in [5.41, 5.74) is 15.1. The molecule has 0 unspecified atom stereocenters. The molecule has 0 atom stereocenters. The summed E-state index contributed by atoms with van der Waals surface area (Å²) in [6.07, 6.45) is 0. The molecule has 14 rings (SSSR count). The van der Waals surface area contributed by atoms with Crippen molar-refractivity contribution in [3.63, 3.8) is 0 Å². The molecule has 0 aliphatic carbocycles. The molecule has 4 aromatic heterocycles. The van der Waals surface area contributed by atoms with Gasteiger partial charge < -0.3 is 9.13 Å². The van der Waals surface area contributed by atoms with Gasteiger partial charge in [0.15, 0.2) is 11.6 Å². The summed E-state index contributed by atoms with van der Waals surface area (Å²) < 4.78 is 7.24. The summed E-state index contributed by atoms with van der Waals surface area (Å²) in [5.74, 6) is 1.74. The lowest BCUT2D eigenvalue weighted by Crippen LogP contribution is -2.08. The normalized spacial score (nSPS) is 11.8. The summed E-state index contributed by atoms with van der Waals surface area (Å²) in [6, 6.07) is 86.3. The molecule has 14 aromatic rings. The number of hydrogen-bond acceptors (Lipinski definition) is 3. The highest BCUT2D eigenvalue weighted by Crippen LogP contribution is 2.47. The number of fused-ring (bicyclic) bond motifs is 9. The molecule has 322 valence electrons. The summed E-state index contributed by atoms with van der Waals surface area (Å²) >= 11 is 0. The topological polar surface area (TPSA) is 53.5 Å². The molecule has 0 aliphatic heterocycles. The summed E-state index contributed by atoms with van der Waals surface area (Å²) in [6.45, 7) is 0. The van der Waals surface area contributed by atoms with Gasteiger partial charge in [-0.1, -0.05) is 200 Å². The van der Waals surface area contributed by atoms with Crippen molar-refractivity contribution in [2.45, 2.75) is 0 Å². The highest BCUT2D eigenvalue weighted by molar-refractivity contribution is 6.26. The maximum Gasteiger partial charge on any atom is 0.238 e. The molecule has 0 bridgehead atoms. The first-order chi connectivity index (χ1) is 34.2. The first kappa shape index (κ1) is 38.8. The van der Waals surface area contributed by atoms with Crippen molar-refractivity contribution in [3.05, 3.63) is 243 Å². The molecule has 0 saturated carbocycles. The Bertz CT molecular complexity index is 4230. The fraction of sp³-hybridized carbons (Fsp3) is 0. The minimum absolute atomic E-state index is 0.540. The lowest BCUT2D eigenvalue weighted by molar-refractivity contribution is 0.950. The third kappa shape index (κ3) is 6.16. The van der Waals surface area contributed by atoms with Crippen molar-refractivity contribution in [1.82, 2.24) is 28.7 Å². The predicted octanol–water partition coefficient (Wildman–Crippen LogP) is 15.8. The van der Waals surface area contributed by atoms with E-state index in [0.29, 0.717) is 17.6 Å². The van der Waals surface area contributed by atoms with Crippen molar-refractivity contribution in [3.8, 4) is 62.4 Å². The molecule has 0 fully saturated rings. The summed E-state index contributed by atoms with van der Waals surface area (Å²) in [5, 5.41) is 6.84. The van der Waals surface area contributed by atoms with Crippen LogP contribution in [0.2, 0.25) is 0 Å². The monoisotopic (exact) mass is 880 g/mol. The molecule has 4 heterocycles. The van der Waals surface area contributed by atoms with Gasteiger partial charge in [-0.05, 0) is 64.7 Å². The van der Waals surface area contributed by atoms with Gasteiger partial charge in [0, 0.05) is 49.1 Å². The Kier molecular flexibility index (Phi) is 8.79. The minimum atomic E-state index is 0.540. The molecule has 0 N–H and O–H groups in total. The third-order valence-electron chi connectivity index (χ3n) is 13.7. The van der Waals surface area contributed by atoms with Crippen molar-refractivity contribution in [1.29, 1.82) is 0 Å². The van der Waals surface area contributed by atoms with Gasteiger partial charge in [0.2, 0.25) is 5.95 Å². The van der Waals surface area contributed by atoms with E-state index in [1.807, 2.05) is 24.3 Å². The van der Waals surface area contributed by atoms with E-state index in [1.165, 1.54) is 16.3 Å². The van der Waals surface area contributed by atoms with Crippen LogP contribution < -0.4 is 0 Å². The van der Waals surface area contributed by atoms with Gasteiger partial charge in [0.05, 0.1) is 38.8 Å². The second-order valence-electron chi connectivity index (χ2n) is 17.6. The fourth-order valence-corrected chi connectivity index (χ4v) is 10.6. The van der Waals surface area contributed by atoms with Gasteiger partial charge in [-0.25, -0.2) is 4.98 Å².